The third-order valence-electron chi connectivity index (χ3n) is 6.56. The summed E-state index contributed by atoms with van der Waals surface area (Å²) in [6, 6.07) is 0. The van der Waals surface area contributed by atoms with Crippen molar-refractivity contribution in [3.05, 3.63) is 23.3 Å². The highest BCUT2D eigenvalue weighted by Crippen LogP contribution is 2.60. The molecule has 0 aliphatic heterocycles. The van der Waals surface area contributed by atoms with Gasteiger partial charge in [-0.05, 0) is 68.6 Å². The Labute approximate surface area is 131 Å². The summed E-state index contributed by atoms with van der Waals surface area (Å²) in [6.45, 7) is 12.2. The van der Waals surface area contributed by atoms with E-state index >= 15 is 0 Å². The summed E-state index contributed by atoms with van der Waals surface area (Å²) >= 11 is 0. The lowest BCUT2D eigenvalue weighted by molar-refractivity contribution is -0.0390. The maximum atomic E-state index is 9.04. The van der Waals surface area contributed by atoms with E-state index in [2.05, 4.69) is 40.7 Å². The maximum absolute atomic E-state index is 9.04. The summed E-state index contributed by atoms with van der Waals surface area (Å²) in [7, 11) is 0. The smallest absolute Gasteiger partial charge is 0.0614 e. The topological polar surface area (TPSA) is 20.2 Å². The van der Waals surface area contributed by atoms with Gasteiger partial charge < -0.3 is 5.11 Å². The van der Waals surface area contributed by atoms with Crippen LogP contribution in [0.15, 0.2) is 23.3 Å². The molecule has 1 heteroatoms. The van der Waals surface area contributed by atoms with Gasteiger partial charge in [0.1, 0.15) is 0 Å². The second-order valence-electron chi connectivity index (χ2n) is 8.41. The molecule has 1 fully saturated rings. The van der Waals surface area contributed by atoms with Crippen LogP contribution in [0.1, 0.15) is 73.1 Å². The van der Waals surface area contributed by atoms with Crippen molar-refractivity contribution in [2.45, 2.75) is 73.1 Å². The molecule has 0 saturated heterocycles. The molecule has 2 unspecified atom stereocenters. The van der Waals surface area contributed by atoms with E-state index in [1.54, 1.807) is 5.57 Å². The highest BCUT2D eigenvalue weighted by molar-refractivity contribution is 5.18. The highest BCUT2D eigenvalue weighted by atomic mass is 16.2. The fourth-order valence-corrected chi connectivity index (χ4v) is 5.32. The molecule has 1 nitrogen and oxygen atoms in total. The standard InChI is InChI=1S/C20H34O/c1-15(11-14-21)7-9-17-16(2)8-10-18-19(3,4)12-6-13-20(17,18)5/h8,11,17-18,21H,6-7,9-10,12-14H2,1-5H3/b15-11+/t17-,18?,20?/m0/s1. The molecule has 0 bridgehead atoms. The average Bonchev–Trinajstić information content (AvgIpc) is 2.37. The van der Waals surface area contributed by atoms with Crippen molar-refractivity contribution in [3.63, 3.8) is 0 Å². The van der Waals surface area contributed by atoms with Crippen LogP contribution in [0.3, 0.4) is 0 Å². The molecular weight excluding hydrogens is 256 g/mol. The molecule has 21 heavy (non-hydrogen) atoms. The molecule has 0 amide bonds. The second-order valence-corrected chi connectivity index (χ2v) is 8.41. The molecular formula is C20H34O. The quantitative estimate of drug-likeness (QED) is 0.677. The molecule has 2 aliphatic carbocycles. The van der Waals surface area contributed by atoms with Gasteiger partial charge in [-0.15, -0.1) is 0 Å². The normalized spacial score (nSPS) is 36.1. The SMILES string of the molecule is CC1=CCC2C(C)(C)CCCC2(C)[C@H]1CC/C(C)=C/CO. The van der Waals surface area contributed by atoms with Crippen LogP contribution < -0.4 is 0 Å². The van der Waals surface area contributed by atoms with Crippen LogP contribution in [0.5, 0.6) is 0 Å². The van der Waals surface area contributed by atoms with Crippen LogP contribution in [0, 0.1) is 22.7 Å². The first-order chi connectivity index (χ1) is 9.81. The lowest BCUT2D eigenvalue weighted by atomic mass is 9.48. The van der Waals surface area contributed by atoms with Crippen molar-refractivity contribution in [2.24, 2.45) is 22.7 Å². The van der Waals surface area contributed by atoms with E-state index in [0.717, 1.165) is 18.3 Å². The molecule has 0 aromatic carbocycles. The minimum Gasteiger partial charge on any atom is -0.392 e. The van der Waals surface area contributed by atoms with Crippen molar-refractivity contribution < 1.29 is 5.11 Å². The first-order valence-electron chi connectivity index (χ1n) is 8.74. The van der Waals surface area contributed by atoms with Crippen LogP contribution in [-0.2, 0) is 0 Å². The van der Waals surface area contributed by atoms with Gasteiger partial charge in [-0.1, -0.05) is 50.5 Å². The lowest BCUT2D eigenvalue weighted by Gasteiger charge is -2.57. The Balaban J connectivity index is 2.20. The predicted octanol–water partition coefficient (Wildman–Crippen LogP) is 5.50. The van der Waals surface area contributed by atoms with Crippen LogP contribution in [0.4, 0.5) is 0 Å². The summed E-state index contributed by atoms with van der Waals surface area (Å²) < 4.78 is 0. The highest BCUT2D eigenvalue weighted by Gasteiger charge is 2.51. The van der Waals surface area contributed by atoms with E-state index in [1.807, 2.05) is 6.08 Å². The van der Waals surface area contributed by atoms with Crippen molar-refractivity contribution in [1.29, 1.82) is 0 Å². The number of allylic oxidation sites excluding steroid dienone is 3. The molecule has 1 N–H and O–H groups in total. The van der Waals surface area contributed by atoms with Crippen molar-refractivity contribution in [1.82, 2.24) is 0 Å². The van der Waals surface area contributed by atoms with Gasteiger partial charge in [0.05, 0.1) is 6.61 Å². The predicted molar refractivity (Wildman–Crippen MR) is 91.2 cm³/mol. The van der Waals surface area contributed by atoms with Gasteiger partial charge in [0.2, 0.25) is 0 Å². The zero-order valence-electron chi connectivity index (χ0n) is 14.7. The Morgan fingerprint density at radius 2 is 2.05 bits per heavy atom. The number of fused-ring (bicyclic) bond motifs is 1. The van der Waals surface area contributed by atoms with Gasteiger partial charge in [-0.2, -0.15) is 0 Å². The van der Waals surface area contributed by atoms with Crippen LogP contribution >= 0.6 is 0 Å². The van der Waals surface area contributed by atoms with E-state index in [1.165, 1.54) is 37.7 Å². The minimum atomic E-state index is 0.179. The van der Waals surface area contributed by atoms with Crippen LogP contribution in [0.2, 0.25) is 0 Å². The molecule has 0 aromatic heterocycles. The molecule has 120 valence electrons. The molecule has 2 aliphatic rings. The van der Waals surface area contributed by atoms with E-state index in [9.17, 15) is 0 Å². The zero-order chi connectivity index (χ0) is 15.7. The van der Waals surface area contributed by atoms with Gasteiger partial charge in [0.15, 0.2) is 0 Å². The lowest BCUT2D eigenvalue weighted by Crippen LogP contribution is -2.48. The number of aliphatic hydroxyl groups excluding tert-OH is 1. The number of rotatable bonds is 4. The Morgan fingerprint density at radius 1 is 1.33 bits per heavy atom. The molecule has 0 heterocycles. The Hall–Kier alpha value is -0.560. The maximum Gasteiger partial charge on any atom is 0.0614 e. The number of aliphatic hydroxyl groups is 1. The van der Waals surface area contributed by atoms with Crippen LogP contribution in [0.25, 0.3) is 0 Å². The van der Waals surface area contributed by atoms with Crippen LogP contribution in [-0.4, -0.2) is 11.7 Å². The van der Waals surface area contributed by atoms with E-state index in [-0.39, 0.29) is 6.61 Å². The number of hydrogen-bond acceptors (Lipinski definition) is 1. The molecule has 0 aromatic rings. The fraction of sp³-hybridized carbons (Fsp3) is 0.800. The van der Waals surface area contributed by atoms with Gasteiger partial charge >= 0.3 is 0 Å². The van der Waals surface area contributed by atoms with Crippen molar-refractivity contribution in [2.75, 3.05) is 6.61 Å². The van der Waals surface area contributed by atoms with Gasteiger partial charge in [0.25, 0.3) is 0 Å². The largest absolute Gasteiger partial charge is 0.392 e. The molecule has 0 radical (unpaired) electrons. The second kappa shape index (κ2) is 6.28. The van der Waals surface area contributed by atoms with Gasteiger partial charge in [-0.3, -0.25) is 0 Å². The van der Waals surface area contributed by atoms with Crippen molar-refractivity contribution >= 4 is 0 Å². The first kappa shape index (κ1) is 16.8. The summed E-state index contributed by atoms with van der Waals surface area (Å²) in [5.74, 6) is 1.55. The van der Waals surface area contributed by atoms with Gasteiger partial charge in [0, 0.05) is 0 Å². The average molecular weight is 290 g/mol. The molecule has 3 atom stereocenters. The summed E-state index contributed by atoms with van der Waals surface area (Å²) in [5, 5.41) is 9.04. The molecule has 0 spiro atoms. The Kier molecular flexibility index (Phi) is 5.03. The minimum absolute atomic E-state index is 0.179. The third kappa shape index (κ3) is 3.28. The zero-order valence-corrected chi connectivity index (χ0v) is 14.7. The monoisotopic (exact) mass is 290 g/mol. The van der Waals surface area contributed by atoms with Gasteiger partial charge in [-0.25, -0.2) is 0 Å². The molecule has 1 saturated carbocycles. The van der Waals surface area contributed by atoms with E-state index < -0.39 is 0 Å². The summed E-state index contributed by atoms with van der Waals surface area (Å²) in [4.78, 5) is 0. The Bertz CT molecular complexity index is 429. The third-order valence-corrected chi connectivity index (χ3v) is 6.56. The summed E-state index contributed by atoms with van der Waals surface area (Å²) in [5.41, 5.74) is 3.91. The summed E-state index contributed by atoms with van der Waals surface area (Å²) in [6.07, 6.45) is 12.3. The fourth-order valence-electron chi connectivity index (χ4n) is 5.32. The van der Waals surface area contributed by atoms with E-state index in [4.69, 9.17) is 5.11 Å². The van der Waals surface area contributed by atoms with E-state index in [0.29, 0.717) is 10.8 Å². The van der Waals surface area contributed by atoms with Crippen molar-refractivity contribution in [3.8, 4) is 0 Å². The first-order valence-corrected chi connectivity index (χ1v) is 8.74. The molecule has 2 rings (SSSR count). The Morgan fingerprint density at radius 3 is 2.71 bits per heavy atom. The number of hydrogen-bond donors (Lipinski definition) is 1.